The fourth-order valence-corrected chi connectivity index (χ4v) is 5.45. The van der Waals surface area contributed by atoms with Crippen molar-refractivity contribution < 1.29 is 19.1 Å². The van der Waals surface area contributed by atoms with Crippen LogP contribution in [0.3, 0.4) is 0 Å². The first-order valence-electron chi connectivity index (χ1n) is 13.0. The van der Waals surface area contributed by atoms with Gasteiger partial charge < -0.3 is 20.3 Å². The molecular weight excluding hydrogens is 526 g/mol. The molecular formula is C30H29N5O4S. The molecule has 0 radical (unpaired) electrons. The predicted octanol–water partition coefficient (Wildman–Crippen LogP) is 4.69. The molecule has 1 unspecified atom stereocenters. The molecule has 0 spiro atoms. The van der Waals surface area contributed by atoms with Gasteiger partial charge in [0.15, 0.2) is 5.17 Å². The highest BCUT2D eigenvalue weighted by atomic mass is 32.2. The fraction of sp³-hybridized carbons (Fsp3) is 0.233. The second kappa shape index (κ2) is 12.6. The third kappa shape index (κ3) is 6.76. The van der Waals surface area contributed by atoms with Gasteiger partial charge in [-0.25, -0.2) is 4.79 Å². The average Bonchev–Trinajstić information content (AvgIpc) is 3.64. The molecule has 3 aromatic carbocycles. The minimum atomic E-state index is -0.567. The third-order valence-corrected chi connectivity index (χ3v) is 7.75. The van der Waals surface area contributed by atoms with Crippen molar-refractivity contribution in [2.24, 2.45) is 10.2 Å². The van der Waals surface area contributed by atoms with Crippen molar-refractivity contribution in [3.05, 3.63) is 83.9 Å². The van der Waals surface area contributed by atoms with E-state index in [9.17, 15) is 14.4 Å². The van der Waals surface area contributed by atoms with Crippen LogP contribution >= 0.6 is 11.8 Å². The molecule has 3 aromatic rings. The van der Waals surface area contributed by atoms with Gasteiger partial charge in [-0.2, -0.15) is 5.10 Å². The van der Waals surface area contributed by atoms with Crippen LogP contribution < -0.4 is 15.5 Å². The summed E-state index contributed by atoms with van der Waals surface area (Å²) in [5, 5.41) is 13.6. The second-order valence-electron chi connectivity index (χ2n) is 9.43. The number of esters is 1. The average molecular weight is 556 g/mol. The van der Waals surface area contributed by atoms with Gasteiger partial charge in [-0.3, -0.25) is 9.59 Å². The summed E-state index contributed by atoms with van der Waals surface area (Å²) in [6.45, 7) is 2.13. The van der Waals surface area contributed by atoms with E-state index in [2.05, 4.69) is 25.7 Å². The van der Waals surface area contributed by atoms with Crippen molar-refractivity contribution in [3.8, 4) is 11.1 Å². The summed E-state index contributed by atoms with van der Waals surface area (Å²) in [5.74, 6) is -0.864. The zero-order valence-corrected chi connectivity index (χ0v) is 22.8. The van der Waals surface area contributed by atoms with Crippen LogP contribution in [0.1, 0.15) is 35.2 Å². The van der Waals surface area contributed by atoms with Gasteiger partial charge in [0.1, 0.15) is 5.25 Å². The maximum atomic E-state index is 12.5. The summed E-state index contributed by atoms with van der Waals surface area (Å²) in [4.78, 5) is 38.9. The first kappa shape index (κ1) is 27.1. The van der Waals surface area contributed by atoms with E-state index in [0.717, 1.165) is 35.5 Å². The lowest BCUT2D eigenvalue weighted by Gasteiger charge is -2.17. The van der Waals surface area contributed by atoms with Crippen LogP contribution in [-0.4, -0.2) is 54.6 Å². The first-order valence-corrected chi connectivity index (χ1v) is 13.9. The molecule has 40 heavy (non-hydrogen) atoms. The van der Waals surface area contributed by atoms with E-state index in [-0.39, 0.29) is 24.2 Å². The van der Waals surface area contributed by atoms with Gasteiger partial charge in [-0.1, -0.05) is 48.2 Å². The minimum absolute atomic E-state index is 0.0369. The highest BCUT2D eigenvalue weighted by Gasteiger charge is 2.32. The lowest BCUT2D eigenvalue weighted by molar-refractivity contribution is -0.122. The van der Waals surface area contributed by atoms with Crippen molar-refractivity contribution in [1.29, 1.82) is 0 Å². The summed E-state index contributed by atoms with van der Waals surface area (Å²) < 4.78 is 4.73. The molecule has 2 amide bonds. The lowest BCUT2D eigenvalue weighted by Crippen LogP contribution is -2.28. The van der Waals surface area contributed by atoms with Crippen molar-refractivity contribution in [2.75, 3.05) is 30.4 Å². The molecule has 9 nitrogen and oxygen atoms in total. The van der Waals surface area contributed by atoms with Crippen LogP contribution in [0.5, 0.6) is 0 Å². The topological polar surface area (TPSA) is 112 Å². The molecule has 2 N–H and O–H groups in total. The number of ether oxygens (including phenoxy) is 1. The number of carbonyl (C=O) groups is 3. The van der Waals surface area contributed by atoms with Crippen LogP contribution in [0.2, 0.25) is 0 Å². The Morgan fingerprint density at radius 1 is 1.00 bits per heavy atom. The Morgan fingerprint density at radius 3 is 2.30 bits per heavy atom. The largest absolute Gasteiger partial charge is 0.465 e. The number of thioether (sulfide) groups is 1. The SMILES string of the molecule is COC(=O)c1ccc(-c2ccc(/C=N/N=C3\NC(=O)C(CC(=O)Nc4ccc(N5CCCC5)cc4)S3)cc2)cc1. The van der Waals surface area contributed by atoms with E-state index < -0.39 is 5.25 Å². The molecule has 2 aliphatic heterocycles. The highest BCUT2D eigenvalue weighted by molar-refractivity contribution is 8.15. The van der Waals surface area contributed by atoms with Gasteiger partial charge in [0.25, 0.3) is 0 Å². The Morgan fingerprint density at radius 2 is 1.65 bits per heavy atom. The molecule has 0 aromatic heterocycles. The minimum Gasteiger partial charge on any atom is -0.465 e. The first-order chi connectivity index (χ1) is 19.5. The number of methoxy groups -OCH3 is 1. The number of hydrogen-bond donors (Lipinski definition) is 2. The Balaban J connectivity index is 1.11. The summed E-state index contributed by atoms with van der Waals surface area (Å²) in [6, 6.07) is 22.7. The quantitative estimate of drug-likeness (QED) is 0.237. The number of anilines is 2. The molecule has 0 aliphatic carbocycles. The normalized spacial score (nSPS) is 17.8. The zero-order chi connectivity index (χ0) is 27.9. The molecule has 2 aliphatic rings. The van der Waals surface area contributed by atoms with E-state index in [4.69, 9.17) is 4.74 Å². The number of amidine groups is 1. The van der Waals surface area contributed by atoms with Crippen molar-refractivity contribution in [1.82, 2.24) is 5.32 Å². The molecule has 10 heteroatoms. The van der Waals surface area contributed by atoms with Crippen LogP contribution in [0, 0.1) is 0 Å². The molecule has 2 heterocycles. The van der Waals surface area contributed by atoms with E-state index in [1.54, 1.807) is 18.3 Å². The van der Waals surface area contributed by atoms with E-state index >= 15 is 0 Å². The Kier molecular flexibility index (Phi) is 8.56. The van der Waals surface area contributed by atoms with Crippen molar-refractivity contribution in [3.63, 3.8) is 0 Å². The Bertz CT molecular complexity index is 1430. The third-order valence-electron chi connectivity index (χ3n) is 6.67. The standard InChI is InChI=1S/C30H29N5O4S/c1-39-29(38)23-10-8-22(9-11-23)21-6-4-20(5-7-21)19-31-34-30-33-28(37)26(40-30)18-27(36)32-24-12-14-25(15-13-24)35-16-2-3-17-35/h4-15,19,26H,2-3,16-18H2,1H3,(H,32,36)(H,33,34,37)/b31-19+. The Hall–Kier alpha value is -4.44. The number of benzene rings is 3. The van der Waals surface area contributed by atoms with Crippen LogP contribution in [-0.2, 0) is 14.3 Å². The summed E-state index contributed by atoms with van der Waals surface area (Å²) in [6.07, 6.45) is 4.05. The van der Waals surface area contributed by atoms with Crippen LogP contribution in [0.25, 0.3) is 11.1 Å². The maximum Gasteiger partial charge on any atom is 0.337 e. The molecule has 0 saturated carbocycles. The molecule has 1 atom stereocenters. The molecule has 2 saturated heterocycles. The number of amides is 2. The van der Waals surface area contributed by atoms with Gasteiger partial charge in [0.05, 0.1) is 18.9 Å². The van der Waals surface area contributed by atoms with E-state index in [1.165, 1.54) is 31.7 Å². The number of hydrogen-bond acceptors (Lipinski definition) is 8. The second-order valence-corrected chi connectivity index (χ2v) is 10.6. The van der Waals surface area contributed by atoms with Crippen LogP contribution in [0.4, 0.5) is 11.4 Å². The van der Waals surface area contributed by atoms with Gasteiger partial charge in [0.2, 0.25) is 11.8 Å². The van der Waals surface area contributed by atoms with Crippen molar-refractivity contribution in [2.45, 2.75) is 24.5 Å². The van der Waals surface area contributed by atoms with E-state index in [0.29, 0.717) is 16.4 Å². The summed E-state index contributed by atoms with van der Waals surface area (Å²) in [5.41, 5.74) is 5.15. The molecule has 5 rings (SSSR count). The number of nitrogens with one attached hydrogen (secondary N) is 2. The lowest BCUT2D eigenvalue weighted by atomic mass is 10.0. The van der Waals surface area contributed by atoms with Gasteiger partial charge in [-0.05, 0) is 65.9 Å². The highest BCUT2D eigenvalue weighted by Crippen LogP contribution is 2.25. The number of rotatable bonds is 8. The predicted molar refractivity (Wildman–Crippen MR) is 159 cm³/mol. The zero-order valence-electron chi connectivity index (χ0n) is 22.0. The van der Waals surface area contributed by atoms with Gasteiger partial charge >= 0.3 is 5.97 Å². The monoisotopic (exact) mass is 555 g/mol. The molecule has 2 fully saturated rings. The van der Waals surface area contributed by atoms with Crippen LogP contribution in [0.15, 0.2) is 83.0 Å². The van der Waals surface area contributed by atoms with Crippen molar-refractivity contribution >= 4 is 52.3 Å². The number of nitrogens with zero attached hydrogens (tertiary/aromatic N) is 3. The van der Waals surface area contributed by atoms with Gasteiger partial charge in [0, 0.05) is 30.9 Å². The smallest absolute Gasteiger partial charge is 0.337 e. The maximum absolute atomic E-state index is 12.5. The summed E-state index contributed by atoms with van der Waals surface area (Å²) >= 11 is 1.19. The number of carbonyl (C=O) groups excluding carboxylic acids is 3. The molecule has 204 valence electrons. The molecule has 0 bridgehead atoms. The Labute approximate surface area is 236 Å². The van der Waals surface area contributed by atoms with Gasteiger partial charge in [-0.15, -0.1) is 5.10 Å². The van der Waals surface area contributed by atoms with E-state index in [1.807, 2.05) is 60.7 Å². The summed E-state index contributed by atoms with van der Waals surface area (Å²) in [7, 11) is 1.36. The fourth-order valence-electron chi connectivity index (χ4n) is 4.52.